The van der Waals surface area contributed by atoms with Gasteiger partial charge in [0, 0.05) is 24.4 Å². The van der Waals surface area contributed by atoms with Crippen molar-refractivity contribution in [1.29, 1.82) is 0 Å². The van der Waals surface area contributed by atoms with Crippen molar-refractivity contribution in [1.82, 2.24) is 0 Å². The molecule has 3 rings (SSSR count). The standard InChI is InChI=1S/C19H20N2O4/c1-14-4-9-18-15(13-14)3-2-11-20(18)19(22)10-12-25-17-7-5-16(6-8-17)21(23)24/h4-9,13H,2-3,10-12H2,1H3. The van der Waals surface area contributed by atoms with E-state index in [1.54, 1.807) is 12.1 Å². The molecule has 0 saturated heterocycles. The summed E-state index contributed by atoms with van der Waals surface area (Å²) in [6.45, 7) is 3.03. The number of rotatable bonds is 5. The smallest absolute Gasteiger partial charge is 0.269 e. The number of carbonyl (C=O) groups excluding carboxylic acids is 1. The summed E-state index contributed by atoms with van der Waals surface area (Å²) in [7, 11) is 0. The van der Waals surface area contributed by atoms with Crippen LogP contribution in [-0.4, -0.2) is 24.0 Å². The predicted octanol–water partition coefficient (Wildman–Crippen LogP) is 3.65. The van der Waals surface area contributed by atoms with E-state index in [2.05, 4.69) is 13.0 Å². The first kappa shape index (κ1) is 17.0. The Hall–Kier alpha value is -2.89. The second-order valence-corrected chi connectivity index (χ2v) is 6.13. The number of nitro benzene ring substituents is 1. The average Bonchev–Trinajstić information content (AvgIpc) is 2.61. The van der Waals surface area contributed by atoms with Crippen molar-refractivity contribution in [3.63, 3.8) is 0 Å². The van der Waals surface area contributed by atoms with Crippen LogP contribution in [0, 0.1) is 17.0 Å². The van der Waals surface area contributed by atoms with E-state index in [0.29, 0.717) is 5.75 Å². The second kappa shape index (κ2) is 7.34. The number of amides is 1. The molecule has 0 fully saturated rings. The normalized spacial score (nSPS) is 13.2. The second-order valence-electron chi connectivity index (χ2n) is 6.13. The van der Waals surface area contributed by atoms with Crippen molar-refractivity contribution in [3.05, 3.63) is 63.7 Å². The third-order valence-electron chi connectivity index (χ3n) is 4.29. The minimum Gasteiger partial charge on any atom is -0.493 e. The van der Waals surface area contributed by atoms with Crippen LogP contribution in [0.5, 0.6) is 5.75 Å². The molecule has 1 amide bonds. The molecule has 0 saturated carbocycles. The number of carbonyl (C=O) groups is 1. The van der Waals surface area contributed by atoms with Gasteiger partial charge in [0.15, 0.2) is 0 Å². The molecule has 130 valence electrons. The number of nitro groups is 1. The number of aryl methyl sites for hydroxylation is 2. The van der Waals surface area contributed by atoms with Crippen LogP contribution in [0.25, 0.3) is 0 Å². The van der Waals surface area contributed by atoms with Crippen molar-refractivity contribution < 1.29 is 14.5 Å². The van der Waals surface area contributed by atoms with Gasteiger partial charge in [0.2, 0.25) is 5.91 Å². The molecule has 6 nitrogen and oxygen atoms in total. The molecule has 6 heteroatoms. The fourth-order valence-electron chi connectivity index (χ4n) is 3.04. The highest BCUT2D eigenvalue weighted by Crippen LogP contribution is 2.28. The molecule has 0 aliphatic carbocycles. The molecule has 0 spiro atoms. The van der Waals surface area contributed by atoms with Gasteiger partial charge < -0.3 is 9.64 Å². The van der Waals surface area contributed by atoms with Gasteiger partial charge in [-0.2, -0.15) is 0 Å². The third-order valence-corrected chi connectivity index (χ3v) is 4.29. The Bertz CT molecular complexity index is 787. The molecular formula is C19H20N2O4. The molecule has 0 radical (unpaired) electrons. The lowest BCUT2D eigenvalue weighted by Crippen LogP contribution is -2.36. The lowest BCUT2D eigenvalue weighted by molar-refractivity contribution is -0.384. The highest BCUT2D eigenvalue weighted by Gasteiger charge is 2.22. The Kier molecular flexibility index (Phi) is 4.97. The van der Waals surface area contributed by atoms with Gasteiger partial charge in [0.25, 0.3) is 5.69 Å². The number of hydrogen-bond acceptors (Lipinski definition) is 4. The molecule has 2 aromatic carbocycles. The molecule has 1 heterocycles. The van der Waals surface area contributed by atoms with Crippen LogP contribution in [0.3, 0.4) is 0 Å². The lowest BCUT2D eigenvalue weighted by Gasteiger charge is -2.30. The first-order valence-electron chi connectivity index (χ1n) is 8.32. The number of nitrogens with zero attached hydrogens (tertiary/aromatic N) is 2. The van der Waals surface area contributed by atoms with Crippen LogP contribution in [0.2, 0.25) is 0 Å². The molecule has 25 heavy (non-hydrogen) atoms. The third kappa shape index (κ3) is 3.96. The number of ether oxygens (including phenoxy) is 1. The van der Waals surface area contributed by atoms with Crippen molar-refractivity contribution in [3.8, 4) is 5.75 Å². The summed E-state index contributed by atoms with van der Waals surface area (Å²) in [5.74, 6) is 0.555. The van der Waals surface area contributed by atoms with Crippen LogP contribution in [-0.2, 0) is 11.2 Å². The zero-order valence-corrected chi connectivity index (χ0v) is 14.1. The summed E-state index contributed by atoms with van der Waals surface area (Å²) in [5, 5.41) is 10.6. The van der Waals surface area contributed by atoms with Gasteiger partial charge in [0.1, 0.15) is 5.75 Å². The first-order valence-corrected chi connectivity index (χ1v) is 8.32. The first-order chi connectivity index (χ1) is 12.0. The Morgan fingerprint density at radius 2 is 2.00 bits per heavy atom. The SMILES string of the molecule is Cc1ccc2c(c1)CCCN2C(=O)CCOc1ccc([N+](=O)[O-])cc1. The van der Waals surface area contributed by atoms with Crippen molar-refractivity contribution in [2.75, 3.05) is 18.1 Å². The van der Waals surface area contributed by atoms with Gasteiger partial charge in [-0.25, -0.2) is 0 Å². The Morgan fingerprint density at radius 1 is 1.24 bits per heavy atom. The summed E-state index contributed by atoms with van der Waals surface area (Å²) in [6, 6.07) is 12.0. The van der Waals surface area contributed by atoms with Crippen molar-refractivity contribution in [2.24, 2.45) is 0 Å². The van der Waals surface area contributed by atoms with Gasteiger partial charge in [0.05, 0.1) is 18.0 Å². The molecule has 0 atom stereocenters. The largest absolute Gasteiger partial charge is 0.493 e. The maximum Gasteiger partial charge on any atom is 0.269 e. The summed E-state index contributed by atoms with van der Waals surface area (Å²) in [4.78, 5) is 24.5. The molecule has 1 aliphatic rings. The Balaban J connectivity index is 1.57. The van der Waals surface area contributed by atoms with E-state index in [1.807, 2.05) is 17.0 Å². The number of non-ortho nitro benzene ring substituents is 1. The Labute approximate surface area is 146 Å². The minimum absolute atomic E-state index is 0.0173. The van der Waals surface area contributed by atoms with E-state index in [-0.39, 0.29) is 24.6 Å². The Morgan fingerprint density at radius 3 is 2.72 bits per heavy atom. The van der Waals surface area contributed by atoms with E-state index in [4.69, 9.17) is 4.74 Å². The highest BCUT2D eigenvalue weighted by atomic mass is 16.6. The summed E-state index contributed by atoms with van der Waals surface area (Å²) in [5.41, 5.74) is 3.44. The van der Waals surface area contributed by atoms with E-state index in [1.165, 1.54) is 23.3 Å². The molecule has 1 aliphatic heterocycles. The van der Waals surface area contributed by atoms with Crippen molar-refractivity contribution >= 4 is 17.3 Å². The molecule has 2 aromatic rings. The fraction of sp³-hybridized carbons (Fsp3) is 0.316. The zero-order valence-electron chi connectivity index (χ0n) is 14.1. The topological polar surface area (TPSA) is 72.7 Å². The van der Waals surface area contributed by atoms with E-state index in [0.717, 1.165) is 25.1 Å². The van der Waals surface area contributed by atoms with Crippen LogP contribution in [0.15, 0.2) is 42.5 Å². The van der Waals surface area contributed by atoms with Gasteiger partial charge >= 0.3 is 0 Å². The number of benzene rings is 2. The van der Waals surface area contributed by atoms with Crippen LogP contribution in [0.4, 0.5) is 11.4 Å². The quantitative estimate of drug-likeness (QED) is 0.615. The molecule has 0 bridgehead atoms. The highest BCUT2D eigenvalue weighted by molar-refractivity contribution is 5.94. The van der Waals surface area contributed by atoms with Crippen LogP contribution < -0.4 is 9.64 Å². The average molecular weight is 340 g/mol. The van der Waals surface area contributed by atoms with Gasteiger partial charge in [-0.1, -0.05) is 17.7 Å². The summed E-state index contributed by atoms with van der Waals surface area (Å²) >= 11 is 0. The van der Waals surface area contributed by atoms with Crippen LogP contribution >= 0.6 is 0 Å². The number of fused-ring (bicyclic) bond motifs is 1. The van der Waals surface area contributed by atoms with Gasteiger partial charge in [-0.3, -0.25) is 14.9 Å². The van der Waals surface area contributed by atoms with Gasteiger partial charge in [-0.15, -0.1) is 0 Å². The zero-order chi connectivity index (χ0) is 17.8. The summed E-state index contributed by atoms with van der Waals surface area (Å²) < 4.78 is 5.54. The molecule has 0 N–H and O–H groups in total. The molecular weight excluding hydrogens is 320 g/mol. The van der Waals surface area contributed by atoms with E-state index >= 15 is 0 Å². The predicted molar refractivity (Wildman–Crippen MR) is 95.1 cm³/mol. The minimum atomic E-state index is -0.456. The van der Waals surface area contributed by atoms with E-state index < -0.39 is 4.92 Å². The van der Waals surface area contributed by atoms with E-state index in [9.17, 15) is 14.9 Å². The lowest BCUT2D eigenvalue weighted by atomic mass is 9.99. The van der Waals surface area contributed by atoms with Gasteiger partial charge in [-0.05, 0) is 43.5 Å². The maximum absolute atomic E-state index is 12.5. The summed E-state index contributed by atoms with van der Waals surface area (Å²) in [6.07, 6.45) is 2.23. The fourth-order valence-corrected chi connectivity index (χ4v) is 3.04. The monoisotopic (exact) mass is 340 g/mol. The maximum atomic E-state index is 12.5. The van der Waals surface area contributed by atoms with Crippen LogP contribution in [0.1, 0.15) is 24.0 Å². The molecule has 0 unspecified atom stereocenters. The molecule has 0 aromatic heterocycles. The van der Waals surface area contributed by atoms with Crippen molar-refractivity contribution in [2.45, 2.75) is 26.2 Å². The number of hydrogen-bond donors (Lipinski definition) is 0. The number of anilines is 1.